The van der Waals surface area contributed by atoms with Crippen LogP contribution in [0.5, 0.6) is 0 Å². The normalized spacial score (nSPS) is 21.2. The molecule has 0 aromatic heterocycles. The van der Waals surface area contributed by atoms with Crippen LogP contribution in [0.1, 0.15) is 13.8 Å². The predicted octanol–water partition coefficient (Wildman–Crippen LogP) is 0.139. The first-order valence-electron chi connectivity index (χ1n) is 5.81. The highest BCUT2D eigenvalue weighted by Gasteiger charge is 2.29. The fourth-order valence-corrected chi connectivity index (χ4v) is 1.61. The number of terminal acetylenes is 1. The van der Waals surface area contributed by atoms with Crippen molar-refractivity contribution in [2.75, 3.05) is 19.7 Å². The number of carbonyl (C=O) groups is 2. The number of aliphatic carboxylic acids is 1. The summed E-state index contributed by atoms with van der Waals surface area (Å²) in [4.78, 5) is 24.1. The molecule has 1 aliphatic heterocycles. The van der Waals surface area contributed by atoms with Gasteiger partial charge in [0.15, 0.2) is 6.10 Å². The van der Waals surface area contributed by atoms with Crippen LogP contribution in [0.2, 0.25) is 0 Å². The molecule has 1 saturated heterocycles. The van der Waals surface area contributed by atoms with Gasteiger partial charge in [-0.2, -0.15) is 0 Å². The van der Waals surface area contributed by atoms with Crippen molar-refractivity contribution in [2.24, 2.45) is 5.92 Å². The highest BCUT2D eigenvalue weighted by Crippen LogP contribution is 2.07. The number of carboxylic acids is 1. The first-order valence-corrected chi connectivity index (χ1v) is 5.81. The van der Waals surface area contributed by atoms with Crippen molar-refractivity contribution < 1.29 is 19.4 Å². The molecule has 100 valence electrons. The summed E-state index contributed by atoms with van der Waals surface area (Å²) >= 11 is 0. The van der Waals surface area contributed by atoms with Crippen molar-refractivity contribution in [1.29, 1.82) is 0 Å². The van der Waals surface area contributed by atoms with Crippen LogP contribution in [0.25, 0.3) is 0 Å². The van der Waals surface area contributed by atoms with Crippen LogP contribution in [0.15, 0.2) is 0 Å². The van der Waals surface area contributed by atoms with E-state index in [1.807, 2.05) is 13.8 Å². The SMILES string of the molecule is C#CC(NC(=O)N1CCOC(C(=O)O)C1)C(C)C. The topological polar surface area (TPSA) is 78.9 Å². The molecule has 0 spiro atoms. The number of amides is 2. The Labute approximate surface area is 106 Å². The molecule has 2 N–H and O–H groups in total. The van der Waals surface area contributed by atoms with Gasteiger partial charge in [-0.05, 0) is 5.92 Å². The minimum Gasteiger partial charge on any atom is -0.479 e. The maximum absolute atomic E-state index is 11.9. The third-order valence-corrected chi connectivity index (χ3v) is 2.75. The number of nitrogens with one attached hydrogen (secondary N) is 1. The number of hydrogen-bond acceptors (Lipinski definition) is 3. The number of ether oxygens (including phenoxy) is 1. The lowest BCUT2D eigenvalue weighted by molar-refractivity contribution is -0.154. The molecule has 0 saturated carbocycles. The molecule has 2 atom stereocenters. The molecule has 0 aromatic rings. The van der Waals surface area contributed by atoms with Crippen molar-refractivity contribution in [3.63, 3.8) is 0 Å². The van der Waals surface area contributed by atoms with Crippen LogP contribution in [-0.4, -0.2) is 53.8 Å². The number of carbonyl (C=O) groups excluding carboxylic acids is 1. The Morgan fingerprint density at radius 1 is 1.56 bits per heavy atom. The van der Waals surface area contributed by atoms with E-state index in [2.05, 4.69) is 11.2 Å². The molecule has 18 heavy (non-hydrogen) atoms. The largest absolute Gasteiger partial charge is 0.479 e. The third kappa shape index (κ3) is 3.64. The van der Waals surface area contributed by atoms with Gasteiger partial charge in [-0.3, -0.25) is 0 Å². The highest BCUT2D eigenvalue weighted by molar-refractivity contribution is 5.77. The lowest BCUT2D eigenvalue weighted by Gasteiger charge is -2.32. The smallest absolute Gasteiger partial charge is 0.334 e. The minimum absolute atomic E-state index is 0.0382. The Bertz CT molecular complexity index is 362. The summed E-state index contributed by atoms with van der Waals surface area (Å²) in [5.74, 6) is 1.55. The van der Waals surface area contributed by atoms with Gasteiger partial charge in [0.2, 0.25) is 0 Å². The van der Waals surface area contributed by atoms with Gasteiger partial charge in [0.25, 0.3) is 0 Å². The van der Waals surface area contributed by atoms with Crippen molar-refractivity contribution >= 4 is 12.0 Å². The third-order valence-electron chi connectivity index (χ3n) is 2.75. The maximum atomic E-state index is 11.9. The summed E-state index contributed by atoms with van der Waals surface area (Å²) in [5, 5.41) is 11.5. The first kappa shape index (κ1) is 14.3. The van der Waals surface area contributed by atoms with E-state index in [-0.39, 0.29) is 31.1 Å². The van der Waals surface area contributed by atoms with Gasteiger partial charge in [-0.25, -0.2) is 9.59 Å². The standard InChI is InChI=1S/C12H18N2O4/c1-4-9(8(2)3)13-12(17)14-5-6-18-10(7-14)11(15)16/h1,8-10H,5-7H2,2-3H3,(H,13,17)(H,15,16). The van der Waals surface area contributed by atoms with E-state index in [0.717, 1.165) is 0 Å². The Kier molecular flexibility index (Phi) is 4.98. The minimum atomic E-state index is -1.06. The lowest BCUT2D eigenvalue weighted by Crippen LogP contribution is -2.54. The molecule has 1 rings (SSSR count). The van der Waals surface area contributed by atoms with Crippen molar-refractivity contribution in [2.45, 2.75) is 26.0 Å². The average Bonchev–Trinajstić information content (AvgIpc) is 2.35. The monoisotopic (exact) mass is 254 g/mol. The van der Waals surface area contributed by atoms with Crippen LogP contribution in [0.4, 0.5) is 4.79 Å². The summed E-state index contributed by atoms with van der Waals surface area (Å²) in [6, 6.07) is -0.704. The Balaban J connectivity index is 2.56. The number of hydrogen-bond donors (Lipinski definition) is 2. The van der Waals surface area contributed by atoms with Gasteiger partial charge in [-0.1, -0.05) is 19.8 Å². The molecule has 0 aliphatic carbocycles. The van der Waals surface area contributed by atoms with E-state index >= 15 is 0 Å². The summed E-state index contributed by atoms with van der Waals surface area (Å²) in [7, 11) is 0. The van der Waals surface area contributed by atoms with E-state index in [1.54, 1.807) is 0 Å². The summed E-state index contributed by atoms with van der Waals surface area (Å²) in [6.07, 6.45) is 4.36. The van der Waals surface area contributed by atoms with Crippen LogP contribution in [-0.2, 0) is 9.53 Å². The second kappa shape index (κ2) is 6.26. The number of nitrogens with zero attached hydrogens (tertiary/aromatic N) is 1. The zero-order chi connectivity index (χ0) is 13.7. The molecular formula is C12H18N2O4. The van der Waals surface area contributed by atoms with E-state index in [9.17, 15) is 9.59 Å². The van der Waals surface area contributed by atoms with Crippen LogP contribution >= 0.6 is 0 Å². The molecule has 2 unspecified atom stereocenters. The number of rotatable bonds is 3. The number of carboxylic acid groups (broad SMARTS) is 1. The molecule has 1 heterocycles. The first-order chi connectivity index (χ1) is 8.45. The molecular weight excluding hydrogens is 236 g/mol. The maximum Gasteiger partial charge on any atom is 0.334 e. The summed E-state index contributed by atoms with van der Waals surface area (Å²) in [6.45, 7) is 4.43. The Hall–Kier alpha value is -1.74. The van der Waals surface area contributed by atoms with E-state index in [1.165, 1.54) is 4.90 Å². The Morgan fingerprint density at radius 3 is 2.72 bits per heavy atom. The van der Waals surface area contributed by atoms with Crippen LogP contribution in [0.3, 0.4) is 0 Å². The number of urea groups is 1. The fourth-order valence-electron chi connectivity index (χ4n) is 1.61. The van der Waals surface area contributed by atoms with Crippen LogP contribution in [0, 0.1) is 18.3 Å². The molecule has 0 aromatic carbocycles. The molecule has 1 fully saturated rings. The predicted molar refractivity (Wildman–Crippen MR) is 64.9 cm³/mol. The molecule has 6 nitrogen and oxygen atoms in total. The molecule has 0 bridgehead atoms. The zero-order valence-corrected chi connectivity index (χ0v) is 10.5. The lowest BCUT2D eigenvalue weighted by atomic mass is 10.1. The molecule has 2 amide bonds. The van der Waals surface area contributed by atoms with Gasteiger partial charge in [-0.15, -0.1) is 6.42 Å². The molecule has 0 radical (unpaired) electrons. The van der Waals surface area contributed by atoms with Gasteiger partial charge >= 0.3 is 12.0 Å². The van der Waals surface area contributed by atoms with Gasteiger partial charge in [0.1, 0.15) is 0 Å². The number of morpholine rings is 1. The van der Waals surface area contributed by atoms with E-state index in [0.29, 0.717) is 6.54 Å². The Morgan fingerprint density at radius 2 is 2.22 bits per heavy atom. The highest BCUT2D eigenvalue weighted by atomic mass is 16.5. The quantitative estimate of drug-likeness (QED) is 0.702. The zero-order valence-electron chi connectivity index (χ0n) is 10.5. The second-order valence-electron chi connectivity index (χ2n) is 4.48. The van der Waals surface area contributed by atoms with Crippen LogP contribution < -0.4 is 5.32 Å². The average molecular weight is 254 g/mol. The van der Waals surface area contributed by atoms with E-state index in [4.69, 9.17) is 16.3 Å². The molecule has 1 aliphatic rings. The van der Waals surface area contributed by atoms with Crippen molar-refractivity contribution in [1.82, 2.24) is 10.2 Å². The summed E-state index contributed by atoms with van der Waals surface area (Å²) in [5.41, 5.74) is 0. The van der Waals surface area contributed by atoms with E-state index < -0.39 is 12.1 Å². The van der Waals surface area contributed by atoms with Gasteiger partial charge < -0.3 is 20.1 Å². The second-order valence-corrected chi connectivity index (χ2v) is 4.48. The fraction of sp³-hybridized carbons (Fsp3) is 0.667. The van der Waals surface area contributed by atoms with Gasteiger partial charge in [0.05, 0.1) is 19.2 Å². The van der Waals surface area contributed by atoms with Crippen molar-refractivity contribution in [3.05, 3.63) is 0 Å². The molecule has 6 heteroatoms. The van der Waals surface area contributed by atoms with Gasteiger partial charge in [0, 0.05) is 6.54 Å². The van der Waals surface area contributed by atoms with Crippen molar-refractivity contribution in [3.8, 4) is 12.3 Å². The summed E-state index contributed by atoms with van der Waals surface area (Å²) < 4.78 is 5.04.